The van der Waals surface area contributed by atoms with Gasteiger partial charge in [0.05, 0.1) is 29.3 Å². The van der Waals surface area contributed by atoms with Crippen molar-refractivity contribution in [2.24, 2.45) is 7.05 Å². The van der Waals surface area contributed by atoms with Crippen molar-refractivity contribution in [3.8, 4) is 22.6 Å². The van der Waals surface area contributed by atoms with E-state index in [1.807, 2.05) is 0 Å². The van der Waals surface area contributed by atoms with Gasteiger partial charge >= 0.3 is 118 Å². The maximum Gasteiger partial charge on any atom is 1.00 e. The second kappa shape index (κ2) is 18.0. The van der Waals surface area contributed by atoms with E-state index in [1.165, 1.54) is 23.1 Å². The molecule has 0 unspecified atom stereocenters. The van der Waals surface area contributed by atoms with Crippen LogP contribution in [0.25, 0.3) is 22.6 Å². The van der Waals surface area contributed by atoms with Crippen molar-refractivity contribution >= 4 is 21.3 Å². The number of hydrogen-bond acceptors (Lipinski definition) is 13. The Balaban J connectivity index is 0. The second-order valence-corrected chi connectivity index (χ2v) is 8.79. The minimum Gasteiger partial charge on any atom is -0.790 e. The predicted octanol–water partition coefficient (Wildman–Crippen LogP) is -13.4. The second-order valence-electron chi connectivity index (χ2n) is 6.53. The van der Waals surface area contributed by atoms with Crippen LogP contribution >= 0.6 is 15.6 Å². The molecule has 0 saturated carbocycles. The fraction of sp³-hybridized carbons (Fsp3) is 0.250. The maximum absolute atomic E-state index is 14.6. The average Bonchev–Trinajstić information content (AvgIpc) is 3.15. The van der Waals surface area contributed by atoms with Crippen molar-refractivity contribution in [2.45, 2.75) is 6.10 Å². The molecule has 0 saturated heterocycles. The van der Waals surface area contributed by atoms with Gasteiger partial charge in [0.1, 0.15) is 17.6 Å². The number of nitrogens with one attached hydrogen (secondary N) is 1. The fourth-order valence-electron chi connectivity index (χ4n) is 2.65. The van der Waals surface area contributed by atoms with Crippen LogP contribution in [0.15, 0.2) is 36.5 Å². The molecule has 0 spiro atoms. The number of pyridine rings is 1. The van der Waals surface area contributed by atoms with Gasteiger partial charge in [0, 0.05) is 29.6 Å². The first-order chi connectivity index (χ1) is 15.4. The molecule has 14 nitrogen and oxygen atoms in total. The van der Waals surface area contributed by atoms with Crippen LogP contribution in [-0.2, 0) is 25.2 Å². The molecular formula is C16H15FN6Na4O8P2. The first kappa shape index (κ1) is 40.5. The molecule has 0 fully saturated rings. The number of anilines is 1. The number of phosphoric ester groups is 2. The minimum absolute atomic E-state index is 0. The molecule has 2 aromatic heterocycles. The molecule has 3 rings (SSSR count). The third kappa shape index (κ3) is 14.2. The van der Waals surface area contributed by atoms with Crippen molar-refractivity contribution in [3.05, 3.63) is 42.3 Å². The summed E-state index contributed by atoms with van der Waals surface area (Å²) < 4.78 is 44.1. The zero-order valence-corrected chi connectivity index (χ0v) is 30.5. The zero-order chi connectivity index (χ0) is 24.2. The summed E-state index contributed by atoms with van der Waals surface area (Å²) in [5.41, 5.74) is 1.23. The Morgan fingerprint density at radius 1 is 1.05 bits per heavy atom. The van der Waals surface area contributed by atoms with Crippen molar-refractivity contribution in [1.82, 2.24) is 25.2 Å². The summed E-state index contributed by atoms with van der Waals surface area (Å²) >= 11 is 0. The SMILES string of the molecule is Cn1nnc(-c2ccc(-c3ccc(NC[C@H](COP(=O)([O-])[O-])OP(=O)([O-])[O-])cc3F)cn2)n1.[Na+].[Na+].[Na+].[Na+]. The van der Waals surface area contributed by atoms with Gasteiger partial charge in [0.2, 0.25) is 5.82 Å². The monoisotopic (exact) mass is 592 g/mol. The van der Waals surface area contributed by atoms with E-state index in [2.05, 4.69) is 34.8 Å². The molecule has 37 heavy (non-hydrogen) atoms. The molecule has 2 heterocycles. The molecule has 1 atom stereocenters. The van der Waals surface area contributed by atoms with Crippen LogP contribution in [0.4, 0.5) is 10.1 Å². The number of tetrazole rings is 1. The molecule has 1 N–H and O–H groups in total. The molecule has 0 amide bonds. The van der Waals surface area contributed by atoms with E-state index in [9.17, 15) is 33.1 Å². The summed E-state index contributed by atoms with van der Waals surface area (Å²) in [7, 11) is -9.35. The summed E-state index contributed by atoms with van der Waals surface area (Å²) in [5, 5.41) is 14.1. The van der Waals surface area contributed by atoms with Gasteiger partial charge in [-0.2, -0.15) is 4.80 Å². The van der Waals surface area contributed by atoms with Crippen LogP contribution in [0.5, 0.6) is 0 Å². The third-order valence-corrected chi connectivity index (χ3v) is 5.03. The number of aromatic nitrogens is 5. The number of halogens is 1. The number of nitrogens with zero attached hydrogens (tertiary/aromatic N) is 5. The van der Waals surface area contributed by atoms with Crippen molar-refractivity contribution in [2.75, 3.05) is 18.5 Å². The summed E-state index contributed by atoms with van der Waals surface area (Å²) in [6.07, 6.45) is -0.223. The maximum atomic E-state index is 14.6. The number of phosphoric acid groups is 2. The topological polar surface area (TPSA) is 213 Å². The van der Waals surface area contributed by atoms with E-state index < -0.39 is 40.7 Å². The molecule has 0 aliphatic rings. The molecule has 1 aromatic carbocycles. The van der Waals surface area contributed by atoms with E-state index in [-0.39, 0.29) is 129 Å². The third-order valence-electron chi connectivity index (χ3n) is 4.01. The van der Waals surface area contributed by atoms with Crippen LogP contribution < -0.4 is 143 Å². The normalized spacial score (nSPS) is 11.7. The Hall–Kier alpha value is 1.39. The summed E-state index contributed by atoms with van der Waals surface area (Å²) in [5.74, 6) is -0.362. The Bertz CT molecular complexity index is 1220. The Morgan fingerprint density at radius 2 is 1.73 bits per heavy atom. The average molecular weight is 592 g/mol. The van der Waals surface area contributed by atoms with E-state index in [0.29, 0.717) is 17.1 Å². The van der Waals surface area contributed by atoms with Crippen LogP contribution in [0.1, 0.15) is 0 Å². The van der Waals surface area contributed by atoms with Crippen LogP contribution in [0.3, 0.4) is 0 Å². The van der Waals surface area contributed by atoms with Gasteiger partial charge in [-0.1, -0.05) is 6.07 Å². The first-order valence-electron chi connectivity index (χ1n) is 9.01. The van der Waals surface area contributed by atoms with Gasteiger partial charge in [-0.05, 0) is 29.5 Å². The minimum atomic E-state index is -5.52. The number of hydrogen-bond donors (Lipinski definition) is 1. The summed E-state index contributed by atoms with van der Waals surface area (Å²) in [6, 6.07) is 7.13. The number of rotatable bonds is 10. The van der Waals surface area contributed by atoms with Gasteiger partial charge in [0.15, 0.2) is 0 Å². The van der Waals surface area contributed by atoms with Crippen molar-refractivity contribution < 1.29 is 160 Å². The van der Waals surface area contributed by atoms with Gasteiger partial charge in [-0.25, -0.2) is 4.39 Å². The number of aryl methyl sites for hydroxylation is 1. The smallest absolute Gasteiger partial charge is 0.790 e. The summed E-state index contributed by atoms with van der Waals surface area (Å²) in [4.78, 5) is 48.2. The molecule has 0 radical (unpaired) electrons. The first-order valence-corrected chi connectivity index (χ1v) is 11.9. The molecule has 0 aliphatic heterocycles. The van der Waals surface area contributed by atoms with Gasteiger partial charge in [0.25, 0.3) is 0 Å². The van der Waals surface area contributed by atoms with Crippen LogP contribution in [0.2, 0.25) is 0 Å². The van der Waals surface area contributed by atoms with Gasteiger partial charge in [-0.15, -0.1) is 10.2 Å². The molecule has 0 aliphatic carbocycles. The molecule has 178 valence electrons. The largest absolute Gasteiger partial charge is 1.00 e. The molecule has 21 heteroatoms. The van der Waals surface area contributed by atoms with Crippen LogP contribution in [-0.4, -0.2) is 44.4 Å². The quantitative estimate of drug-likeness (QED) is 0.171. The fourth-order valence-corrected chi connectivity index (χ4v) is 3.50. The summed E-state index contributed by atoms with van der Waals surface area (Å²) in [6.45, 7) is -1.50. The molecular weight excluding hydrogens is 577 g/mol. The van der Waals surface area contributed by atoms with Gasteiger partial charge < -0.3 is 43.1 Å². The Kier molecular flexibility index (Phi) is 19.8. The Labute approximate surface area is 299 Å². The number of benzene rings is 1. The van der Waals surface area contributed by atoms with E-state index in [4.69, 9.17) is 0 Å². The van der Waals surface area contributed by atoms with E-state index in [1.54, 1.807) is 19.2 Å². The molecule has 0 bridgehead atoms. The van der Waals surface area contributed by atoms with Crippen LogP contribution in [0, 0.1) is 5.82 Å². The zero-order valence-electron chi connectivity index (χ0n) is 20.7. The molecule has 3 aromatic rings. The van der Waals surface area contributed by atoms with Gasteiger partial charge in [-0.3, -0.25) is 4.98 Å². The van der Waals surface area contributed by atoms with E-state index in [0.717, 1.165) is 6.07 Å². The van der Waals surface area contributed by atoms with E-state index >= 15 is 0 Å². The predicted molar refractivity (Wildman–Crippen MR) is 102 cm³/mol. The Morgan fingerprint density at radius 3 is 2.22 bits per heavy atom. The van der Waals surface area contributed by atoms with Crippen molar-refractivity contribution in [1.29, 1.82) is 0 Å². The standard InChI is InChI=1S/C16H19FN6O8P2.4Na/c1-23-21-16(20-22-23)15-5-2-10(7-19-15)13-4-3-11(6-14(13)17)18-8-12(31-33(27,28)29)9-30-32(24,25)26;;;;/h2-7,12,18H,8-9H2,1H3,(H2,24,25,26)(H2,27,28,29);;;;/q;4*+1/p-4/t12-;;;;/m1..../s1. The van der Waals surface area contributed by atoms with Crippen molar-refractivity contribution in [3.63, 3.8) is 0 Å².